The minimum absolute atomic E-state index is 0.00947. The largest absolute Gasteiger partial charge is 0.491 e. The molecule has 0 aromatic rings. The molecular formula is C54H67F18NO22. The van der Waals surface area contributed by atoms with E-state index < -0.39 is 182 Å². The van der Waals surface area contributed by atoms with Gasteiger partial charge in [0, 0.05) is 25.7 Å². The van der Waals surface area contributed by atoms with Crippen LogP contribution in [0.15, 0.2) is 37.5 Å². The number of carbonyl (C=O) groups is 13. The summed E-state index contributed by atoms with van der Waals surface area (Å²) in [7, 11) is 0. The fraction of sp³-hybridized carbons (Fsp3) is 0.574. The summed E-state index contributed by atoms with van der Waals surface area (Å²) in [5.41, 5.74) is 3.99. The summed E-state index contributed by atoms with van der Waals surface area (Å²) >= 11 is 0. The van der Waals surface area contributed by atoms with Gasteiger partial charge in [0.1, 0.15) is 18.8 Å². The number of ether oxygens (including phenoxy) is 4. The number of hydrogen-bond acceptors (Lipinski definition) is 19. The van der Waals surface area contributed by atoms with Crippen molar-refractivity contribution in [1.82, 2.24) is 0 Å². The summed E-state index contributed by atoms with van der Waals surface area (Å²) in [6, 6.07) is 0. The molecule has 0 aromatic carbocycles. The SMILES string of the molecule is C/C=C\COC(=O)CCC(=O)C(F)(F)F.C=C[C@H](C)[C@H](CC(=O)C(F)(F)F)C(=O)O.C=C[C@H](C)[C@H](CC(=O)OC(C)(C)C)C(=O)O.CC#CCO.CC#CCOC(=O)CCC(=O)C(F)(F)F.NCC(=O)O.O=C(O)CCC(=O)C(F)(F)F.O=C(OC(=O)C(F)(F)F)C(F)(F)F. The third kappa shape index (κ3) is 67.8. The predicted molar refractivity (Wildman–Crippen MR) is 286 cm³/mol. The van der Waals surface area contributed by atoms with E-state index in [-0.39, 0.29) is 38.7 Å². The lowest BCUT2D eigenvalue weighted by Gasteiger charge is -2.22. The fourth-order valence-electron chi connectivity index (χ4n) is 4.13. The molecule has 0 fully saturated rings. The molecule has 95 heavy (non-hydrogen) atoms. The first kappa shape index (κ1) is 102. The second kappa shape index (κ2) is 51.5. The molecule has 0 radical (unpaired) electrons. The zero-order chi connectivity index (χ0) is 77.3. The summed E-state index contributed by atoms with van der Waals surface area (Å²) in [4.78, 5) is 134. The molecular weight excluding hydrogens is 1360 g/mol. The van der Waals surface area contributed by atoms with E-state index in [1.54, 1.807) is 47.6 Å². The molecule has 7 N–H and O–H groups in total. The van der Waals surface area contributed by atoms with Crippen LogP contribution < -0.4 is 5.73 Å². The Kier molecular flexibility index (Phi) is 55.4. The van der Waals surface area contributed by atoms with Gasteiger partial charge in [-0.2, -0.15) is 79.0 Å². The Hall–Kier alpha value is -8.89. The van der Waals surface area contributed by atoms with Crippen LogP contribution in [0, 0.1) is 47.4 Å². The average Bonchev–Trinajstić information content (AvgIpc) is 0.941. The van der Waals surface area contributed by atoms with E-state index in [1.165, 1.54) is 32.1 Å². The molecule has 0 rings (SSSR count). The Balaban J connectivity index is -0.000000155. The van der Waals surface area contributed by atoms with Crippen LogP contribution in [0.25, 0.3) is 0 Å². The van der Waals surface area contributed by atoms with Crippen LogP contribution in [0.5, 0.6) is 0 Å². The van der Waals surface area contributed by atoms with Crippen molar-refractivity contribution in [2.24, 2.45) is 29.4 Å². The maximum atomic E-state index is 11.9. The number of carboxylic acid groups (broad SMARTS) is 4. The molecule has 23 nitrogen and oxygen atoms in total. The van der Waals surface area contributed by atoms with Gasteiger partial charge >= 0.3 is 90.8 Å². The Bertz CT molecular complexity index is 2600. The number of Topliss-reactive ketones (excluding diaryl/α,β-unsaturated/α-hetero) is 4. The lowest BCUT2D eigenvalue weighted by atomic mass is 9.89. The Morgan fingerprint density at radius 3 is 1.05 bits per heavy atom. The van der Waals surface area contributed by atoms with Crippen molar-refractivity contribution in [3.63, 3.8) is 0 Å². The van der Waals surface area contributed by atoms with Crippen molar-refractivity contribution in [3.8, 4) is 23.7 Å². The van der Waals surface area contributed by atoms with Gasteiger partial charge in [-0.05, 0) is 53.4 Å². The van der Waals surface area contributed by atoms with Gasteiger partial charge in [-0.15, -0.1) is 25.0 Å². The molecule has 0 saturated heterocycles. The molecule has 4 atom stereocenters. The van der Waals surface area contributed by atoms with E-state index in [0.717, 1.165) is 0 Å². The zero-order valence-corrected chi connectivity index (χ0v) is 51.1. The highest BCUT2D eigenvalue weighted by atomic mass is 19.4. The highest BCUT2D eigenvalue weighted by molar-refractivity contribution is 5.91. The highest BCUT2D eigenvalue weighted by Crippen LogP contribution is 2.26. The third-order valence-corrected chi connectivity index (χ3v) is 8.94. The molecule has 0 aromatic heterocycles. The van der Waals surface area contributed by atoms with Crippen molar-refractivity contribution >= 4 is 76.9 Å². The number of aliphatic hydroxyl groups excluding tert-OH is 1. The molecule has 0 spiro atoms. The summed E-state index contributed by atoms with van der Waals surface area (Å²) in [6.07, 6.45) is -30.8. The number of carboxylic acids is 4. The quantitative estimate of drug-likeness (QED) is 0.0139. The molecule has 41 heteroatoms. The first-order valence-corrected chi connectivity index (χ1v) is 25.4. The maximum absolute atomic E-state index is 11.9. The van der Waals surface area contributed by atoms with Crippen LogP contribution in [-0.4, -0.2) is 171 Å². The van der Waals surface area contributed by atoms with E-state index >= 15 is 0 Å². The Labute approximate surface area is 528 Å². The van der Waals surface area contributed by atoms with Gasteiger partial charge in [0.25, 0.3) is 0 Å². The third-order valence-electron chi connectivity index (χ3n) is 8.94. The summed E-state index contributed by atoms with van der Waals surface area (Å²) < 4.78 is 223. The number of halogens is 18. The predicted octanol–water partition coefficient (Wildman–Crippen LogP) is 8.95. The van der Waals surface area contributed by atoms with Crippen LogP contribution in [0.3, 0.4) is 0 Å². The molecule has 0 aliphatic heterocycles. The molecule has 0 bridgehead atoms. The van der Waals surface area contributed by atoms with Crippen LogP contribution >= 0.6 is 0 Å². The number of nitrogens with two attached hydrogens (primary N) is 1. The molecule has 0 aliphatic rings. The van der Waals surface area contributed by atoms with Gasteiger partial charge in [-0.1, -0.05) is 50.0 Å². The number of aliphatic hydroxyl groups is 1. The van der Waals surface area contributed by atoms with Gasteiger partial charge in [0.15, 0.2) is 6.61 Å². The lowest BCUT2D eigenvalue weighted by molar-refractivity contribution is -0.221. The van der Waals surface area contributed by atoms with Crippen molar-refractivity contribution in [3.05, 3.63) is 37.5 Å². The van der Waals surface area contributed by atoms with E-state index in [9.17, 15) is 141 Å². The topological polar surface area (TPSA) is 386 Å². The van der Waals surface area contributed by atoms with Gasteiger partial charge < -0.3 is 50.2 Å². The fourth-order valence-corrected chi connectivity index (χ4v) is 4.13. The average molecular weight is 1420 g/mol. The van der Waals surface area contributed by atoms with Gasteiger partial charge in [0.05, 0.1) is 44.1 Å². The van der Waals surface area contributed by atoms with Crippen molar-refractivity contribution < 1.29 is 186 Å². The molecule has 0 aliphatic carbocycles. The van der Waals surface area contributed by atoms with E-state index in [2.05, 4.69) is 56.8 Å². The summed E-state index contributed by atoms with van der Waals surface area (Å²) in [5, 5.41) is 41.0. The number of hydrogen-bond donors (Lipinski definition) is 6. The van der Waals surface area contributed by atoms with Crippen molar-refractivity contribution in [2.45, 2.75) is 149 Å². The normalized spacial score (nSPS) is 12.1. The van der Waals surface area contributed by atoms with Crippen LogP contribution in [0.2, 0.25) is 0 Å². The van der Waals surface area contributed by atoms with Gasteiger partial charge in [-0.25, -0.2) is 9.59 Å². The second-order valence-electron chi connectivity index (χ2n) is 17.8. The number of carbonyl (C=O) groups excluding carboxylic acids is 9. The first-order chi connectivity index (χ1) is 42.7. The Morgan fingerprint density at radius 1 is 0.484 bits per heavy atom. The highest BCUT2D eigenvalue weighted by Gasteiger charge is 2.49. The van der Waals surface area contributed by atoms with Crippen LogP contribution in [-0.2, 0) is 81.3 Å². The van der Waals surface area contributed by atoms with Crippen LogP contribution in [0.4, 0.5) is 79.0 Å². The standard InChI is InChI=1S/C12H20O4.2C9H11F3O3.C9H9F3O3.C5H5F3O3.C4F6O3.C4H6O.C2H5NO2/c1-6-8(2)9(11(14)15)7-10(13)16-12(3,4)5;1-3-5(2)6(8(14)15)4-7(13)9(10,11)12;2*1-2-3-6-15-8(14)5-4-7(13)9(10,11)12;6-5(7,8)3(9)1-2-4(10)11;5-3(6,7)1(11)13-2(12)4(8,9)10;1-2-3-4-5;3-1-2(4)5/h6,8-9H,1,7H2,2-5H3,(H,14,15);3,5-6H,1,4H2,2H3,(H,14,15);2-3H,4-6H2,1H3;4-6H2,1H3;1-2H2,(H,10,11);;5H,4H2,1H3;1,3H2,(H,4,5)/b;;3-2-;;;;;/t8-,9-;5-,6-;;;;;;/m00....../s1. The number of alkyl halides is 18. The Morgan fingerprint density at radius 2 is 0.811 bits per heavy atom. The van der Waals surface area contributed by atoms with Crippen molar-refractivity contribution in [2.75, 3.05) is 26.4 Å². The number of ketones is 4. The molecule has 0 saturated carbocycles. The number of esters is 5. The van der Waals surface area contributed by atoms with E-state index in [0.29, 0.717) is 0 Å². The van der Waals surface area contributed by atoms with Crippen LogP contribution in [0.1, 0.15) is 107 Å². The van der Waals surface area contributed by atoms with Gasteiger partial charge in [-0.3, -0.25) is 52.7 Å². The zero-order valence-electron chi connectivity index (χ0n) is 51.1. The first-order valence-electron chi connectivity index (χ1n) is 25.4. The van der Waals surface area contributed by atoms with Crippen molar-refractivity contribution in [1.29, 1.82) is 0 Å². The monoisotopic (exact) mass is 1420 g/mol. The summed E-state index contributed by atoms with van der Waals surface area (Å²) in [5.74, 6) is -14.6. The number of allylic oxidation sites excluding steroid dienone is 3. The summed E-state index contributed by atoms with van der Waals surface area (Å²) in [6.45, 7) is 19.6. The molecule has 0 amide bonds. The number of aliphatic carboxylic acids is 4. The van der Waals surface area contributed by atoms with Gasteiger partial charge in [0.2, 0.25) is 23.1 Å². The second-order valence-corrected chi connectivity index (χ2v) is 17.8. The minimum Gasteiger partial charge on any atom is -0.481 e. The van der Waals surface area contributed by atoms with E-state index in [4.69, 9.17) is 30.3 Å². The van der Waals surface area contributed by atoms with E-state index in [1.807, 2.05) is 0 Å². The molecule has 0 unspecified atom stereocenters. The maximum Gasteiger partial charge on any atom is 0.491 e. The molecule has 0 heterocycles. The molecule has 546 valence electrons. The smallest absolute Gasteiger partial charge is 0.481 e. The number of rotatable bonds is 23. The lowest BCUT2D eigenvalue weighted by Crippen LogP contribution is -2.34. The minimum atomic E-state index is -5.62.